The minimum atomic E-state index is -6.72. The summed E-state index contributed by atoms with van der Waals surface area (Å²) in [4.78, 5) is 0. The molecule has 0 unspecified atom stereocenters. The molecular weight excluding hydrogens is 486 g/mol. The third-order valence-corrected chi connectivity index (χ3v) is 7.28. The van der Waals surface area contributed by atoms with Crippen molar-refractivity contribution in [2.75, 3.05) is 19.6 Å². The molecule has 0 N–H and O–H groups in total. The second-order valence-corrected chi connectivity index (χ2v) is 10.7. The van der Waals surface area contributed by atoms with Crippen LogP contribution in [-0.4, -0.2) is 52.0 Å². The second kappa shape index (κ2) is 14.4. The maximum Gasteiger partial charge on any atom is 0.480 e. The fourth-order valence-electron chi connectivity index (χ4n) is 2.62. The molecule has 0 rings (SSSR count). The van der Waals surface area contributed by atoms with Crippen molar-refractivity contribution in [3.8, 4) is 0 Å². The molecule has 0 bridgehead atoms. The Bertz CT molecular complexity index is 686. The van der Waals surface area contributed by atoms with Crippen LogP contribution in [0.1, 0.15) is 72.1 Å². The lowest BCUT2D eigenvalue weighted by atomic mass is 10.1. The normalized spacial score (nSPS) is 13.4. The molecule has 0 aliphatic rings. The summed E-state index contributed by atoms with van der Waals surface area (Å²) >= 11 is 0. The van der Waals surface area contributed by atoms with E-state index in [1.54, 1.807) is 0 Å². The first-order valence-corrected chi connectivity index (χ1v) is 13.2. The fraction of sp³-hybridized carbons (Fsp3) is 0.889. The van der Waals surface area contributed by atoms with E-state index in [0.717, 1.165) is 8.61 Å². The molecule has 0 aliphatic carbocycles. The quantitative estimate of drug-likeness (QED) is 0.155. The number of quaternary nitrogens is 1. The topological polar surface area (TPSA) is 82.4 Å². The van der Waals surface area contributed by atoms with Gasteiger partial charge in [0.2, 0.25) is 0 Å². The standard InChI is InChI=1S/C16H34N.C2F6NO4S2/c1-5-9-12-13-16-17(8-4,14-10-6-2)15-11-7-3;3-1(4,5)14(10,11)9-15(12,13)2(6,7)8/h8H,4-7,9-16H2,1-3H3;/q+1;-1. The Morgan fingerprint density at radius 1 is 0.688 bits per heavy atom. The van der Waals surface area contributed by atoms with Crippen molar-refractivity contribution in [3.63, 3.8) is 0 Å². The van der Waals surface area contributed by atoms with Gasteiger partial charge in [-0.1, -0.05) is 46.5 Å². The maximum atomic E-state index is 11.4. The van der Waals surface area contributed by atoms with E-state index in [-0.39, 0.29) is 0 Å². The molecule has 0 aromatic carbocycles. The highest BCUT2D eigenvalue weighted by Crippen LogP contribution is 2.36. The van der Waals surface area contributed by atoms with E-state index < -0.39 is 31.1 Å². The molecular formula is C18H34F6N2O4S2. The van der Waals surface area contributed by atoms with Gasteiger partial charge in [-0.25, -0.2) is 16.8 Å². The first-order valence-electron chi connectivity index (χ1n) is 10.3. The summed E-state index contributed by atoms with van der Waals surface area (Å²) in [5.74, 6) is 0. The number of nitrogens with zero attached hydrogens (tertiary/aromatic N) is 2. The molecule has 0 amide bonds. The van der Waals surface area contributed by atoms with Gasteiger partial charge in [0, 0.05) is 0 Å². The second-order valence-electron chi connectivity index (χ2n) is 7.26. The van der Waals surface area contributed by atoms with Gasteiger partial charge in [-0.3, -0.25) is 4.48 Å². The van der Waals surface area contributed by atoms with Crippen molar-refractivity contribution < 1.29 is 47.7 Å². The Morgan fingerprint density at radius 2 is 1.03 bits per heavy atom. The Balaban J connectivity index is 0. The molecule has 14 heteroatoms. The number of halogens is 6. The summed E-state index contributed by atoms with van der Waals surface area (Å²) in [5.41, 5.74) is -12.4. The zero-order chi connectivity index (χ0) is 25.7. The number of sulfonamides is 2. The molecule has 0 saturated carbocycles. The minimum absolute atomic E-state index is 0.778. The van der Waals surface area contributed by atoms with Gasteiger partial charge in [-0.2, -0.15) is 26.3 Å². The molecule has 6 nitrogen and oxygen atoms in total. The third kappa shape index (κ3) is 12.4. The third-order valence-electron chi connectivity index (χ3n) is 4.54. The maximum absolute atomic E-state index is 11.4. The fourth-order valence-corrected chi connectivity index (χ4v) is 4.33. The van der Waals surface area contributed by atoms with E-state index in [4.69, 9.17) is 0 Å². The summed E-state index contributed by atoms with van der Waals surface area (Å²) in [6.45, 7) is 14.9. The van der Waals surface area contributed by atoms with Crippen molar-refractivity contribution in [1.82, 2.24) is 0 Å². The summed E-state index contributed by atoms with van der Waals surface area (Å²) in [6, 6.07) is 0. The van der Waals surface area contributed by atoms with Crippen molar-refractivity contribution in [1.29, 1.82) is 0 Å². The van der Waals surface area contributed by atoms with E-state index in [2.05, 4.69) is 33.6 Å². The molecule has 0 atom stereocenters. The Labute approximate surface area is 187 Å². The minimum Gasteiger partial charge on any atom is -0.421 e. The van der Waals surface area contributed by atoms with Crippen molar-refractivity contribution in [3.05, 3.63) is 16.9 Å². The predicted molar refractivity (Wildman–Crippen MR) is 112 cm³/mol. The highest BCUT2D eigenvalue weighted by atomic mass is 32.3. The van der Waals surface area contributed by atoms with Crippen LogP contribution in [0.5, 0.6) is 0 Å². The summed E-state index contributed by atoms with van der Waals surface area (Å²) in [6.07, 6.45) is 13.0. The Morgan fingerprint density at radius 3 is 1.31 bits per heavy atom. The Kier molecular flexibility index (Phi) is 15.0. The van der Waals surface area contributed by atoms with Gasteiger partial charge in [0.25, 0.3) is 0 Å². The highest BCUT2D eigenvalue weighted by Gasteiger charge is 2.46. The first kappa shape index (κ1) is 33.3. The number of alkyl halides is 6. The van der Waals surface area contributed by atoms with Crippen LogP contribution in [0, 0.1) is 0 Å². The van der Waals surface area contributed by atoms with Gasteiger partial charge in [-0.05, 0) is 32.3 Å². The van der Waals surface area contributed by atoms with E-state index in [1.807, 2.05) is 0 Å². The highest BCUT2D eigenvalue weighted by molar-refractivity contribution is 8.13. The van der Waals surface area contributed by atoms with Crippen LogP contribution in [0.4, 0.5) is 26.3 Å². The van der Waals surface area contributed by atoms with Crippen LogP contribution < -0.4 is 0 Å². The van der Waals surface area contributed by atoms with E-state index in [1.165, 1.54) is 71.0 Å². The largest absolute Gasteiger partial charge is 0.480 e. The van der Waals surface area contributed by atoms with Crippen LogP contribution in [0.3, 0.4) is 0 Å². The van der Waals surface area contributed by atoms with Gasteiger partial charge in [0.15, 0.2) is 20.0 Å². The van der Waals surface area contributed by atoms with Gasteiger partial charge in [0.05, 0.1) is 25.8 Å². The van der Waals surface area contributed by atoms with Gasteiger partial charge in [-0.15, -0.1) is 0 Å². The van der Waals surface area contributed by atoms with Gasteiger partial charge in [0.1, 0.15) is 0 Å². The van der Waals surface area contributed by atoms with Crippen LogP contribution in [0.2, 0.25) is 0 Å². The van der Waals surface area contributed by atoms with Crippen LogP contribution in [0.15, 0.2) is 12.8 Å². The number of unbranched alkanes of at least 4 members (excludes halogenated alkanes) is 5. The van der Waals surface area contributed by atoms with Crippen LogP contribution >= 0.6 is 0 Å². The van der Waals surface area contributed by atoms with Crippen LogP contribution in [-0.2, 0) is 20.0 Å². The van der Waals surface area contributed by atoms with Crippen molar-refractivity contribution >= 4 is 20.0 Å². The molecule has 0 fully saturated rings. The molecule has 0 spiro atoms. The van der Waals surface area contributed by atoms with Crippen LogP contribution in [0.25, 0.3) is 4.13 Å². The molecule has 0 radical (unpaired) electrons. The molecule has 32 heavy (non-hydrogen) atoms. The molecule has 0 aromatic rings. The smallest absolute Gasteiger partial charge is 0.421 e. The van der Waals surface area contributed by atoms with Crippen molar-refractivity contribution in [2.45, 2.75) is 83.2 Å². The molecule has 0 aliphatic heterocycles. The molecule has 0 saturated heterocycles. The Hall–Kier alpha value is -0.860. The molecule has 0 heterocycles. The molecule has 194 valence electrons. The van der Waals surface area contributed by atoms with E-state index >= 15 is 0 Å². The summed E-state index contributed by atoms with van der Waals surface area (Å²) < 4.78 is 110. The number of rotatable bonds is 14. The lowest BCUT2D eigenvalue weighted by Crippen LogP contribution is -2.44. The van der Waals surface area contributed by atoms with Gasteiger partial charge >= 0.3 is 11.0 Å². The van der Waals surface area contributed by atoms with E-state index in [0.29, 0.717) is 0 Å². The number of hydrogen-bond acceptors (Lipinski definition) is 4. The average molecular weight is 521 g/mol. The lowest BCUT2D eigenvalue weighted by molar-refractivity contribution is -0.880. The zero-order valence-corrected chi connectivity index (χ0v) is 20.3. The first-order chi connectivity index (χ1) is 14.4. The average Bonchev–Trinajstić information content (AvgIpc) is 2.65. The summed E-state index contributed by atoms with van der Waals surface area (Å²) in [5, 5.41) is 0. The van der Waals surface area contributed by atoms with E-state index in [9.17, 15) is 43.2 Å². The SMILES string of the molecule is C=C[N+](CCCC)(CCCC)CCCCCC.O=S(=O)([N-]S(=O)(=O)C(F)(F)F)C(F)(F)F. The van der Waals surface area contributed by atoms with Gasteiger partial charge < -0.3 is 4.13 Å². The summed E-state index contributed by atoms with van der Waals surface area (Å²) in [7, 11) is -13.4. The zero-order valence-electron chi connectivity index (χ0n) is 18.7. The lowest BCUT2D eigenvalue weighted by Gasteiger charge is -2.35. The monoisotopic (exact) mass is 520 g/mol. The molecule has 0 aromatic heterocycles. The number of hydrogen-bond donors (Lipinski definition) is 0. The predicted octanol–water partition coefficient (Wildman–Crippen LogP) is 6.19. The van der Waals surface area contributed by atoms with Crippen molar-refractivity contribution in [2.24, 2.45) is 0 Å².